The van der Waals surface area contributed by atoms with Gasteiger partial charge in [0.1, 0.15) is 16.7 Å². The first kappa shape index (κ1) is 30.3. The Morgan fingerprint density at radius 1 is 0.519 bits per heavy atom. The average Bonchev–Trinajstić information content (AvgIpc) is 3.91. The number of hydrogen-bond donors (Lipinski definition) is 0. The largest absolute Gasteiger partial charge is 0.456 e. The number of hydrogen-bond acceptors (Lipinski definition) is 6. The van der Waals surface area contributed by atoms with E-state index >= 15 is 0 Å². The van der Waals surface area contributed by atoms with E-state index in [4.69, 9.17) is 28.8 Å². The molecule has 0 saturated heterocycles. The number of fused-ring (bicyclic) bond motifs is 7. The van der Waals surface area contributed by atoms with Crippen LogP contribution in [0.4, 0.5) is 0 Å². The lowest BCUT2D eigenvalue weighted by molar-refractivity contribution is 0.620. The molecule has 7 heteroatoms. The van der Waals surface area contributed by atoms with Gasteiger partial charge in [-0.3, -0.25) is 0 Å². The third-order valence-electron chi connectivity index (χ3n) is 10.2. The van der Waals surface area contributed by atoms with Gasteiger partial charge in [-0.2, -0.15) is 0 Å². The molecule has 0 unspecified atom stereocenters. The van der Waals surface area contributed by atoms with Crippen LogP contribution in [-0.4, -0.2) is 24.5 Å². The number of aromatic nitrogens is 5. The Labute approximate surface area is 308 Å². The van der Waals surface area contributed by atoms with Crippen LogP contribution in [0.2, 0.25) is 0 Å². The summed E-state index contributed by atoms with van der Waals surface area (Å²) in [5, 5.41) is 4.57. The van der Waals surface area contributed by atoms with E-state index in [0.717, 1.165) is 72.0 Å². The fourth-order valence-electron chi connectivity index (χ4n) is 7.61. The third kappa shape index (κ3) is 4.90. The van der Waals surface area contributed by atoms with Gasteiger partial charge in [-0.05, 0) is 54.6 Å². The number of furan rings is 1. The van der Waals surface area contributed by atoms with Crippen LogP contribution in [0, 0.1) is 0 Å². The topological polar surface area (TPSA) is 82.8 Å². The normalized spacial score (nSPS) is 13.2. The number of oxazole rings is 1. The Hall–Kier alpha value is -7.38. The van der Waals surface area contributed by atoms with Gasteiger partial charge in [0.05, 0.1) is 11.0 Å². The van der Waals surface area contributed by atoms with E-state index in [1.165, 1.54) is 10.8 Å². The van der Waals surface area contributed by atoms with Gasteiger partial charge in [-0.1, -0.05) is 103 Å². The smallest absolute Gasteiger partial charge is 0.227 e. The van der Waals surface area contributed by atoms with Crippen LogP contribution < -0.4 is 0 Å². The Bertz CT molecular complexity index is 3220. The summed E-state index contributed by atoms with van der Waals surface area (Å²) >= 11 is 0. The van der Waals surface area contributed by atoms with Gasteiger partial charge in [-0.25, -0.2) is 19.9 Å². The first-order chi connectivity index (χ1) is 26.6. The van der Waals surface area contributed by atoms with E-state index in [1.54, 1.807) is 0 Å². The van der Waals surface area contributed by atoms with E-state index in [1.807, 2.05) is 91.0 Å². The highest BCUT2D eigenvalue weighted by Gasteiger charge is 2.19. The molecule has 0 bridgehead atoms. The minimum Gasteiger partial charge on any atom is -0.456 e. The van der Waals surface area contributed by atoms with Crippen LogP contribution in [0.3, 0.4) is 0 Å². The lowest BCUT2D eigenvalue weighted by Gasteiger charge is -2.12. The van der Waals surface area contributed by atoms with Crippen molar-refractivity contribution >= 4 is 60.4 Å². The fourth-order valence-corrected chi connectivity index (χ4v) is 7.61. The van der Waals surface area contributed by atoms with Crippen LogP contribution >= 0.6 is 0 Å². The van der Waals surface area contributed by atoms with Gasteiger partial charge in [0, 0.05) is 62.0 Å². The van der Waals surface area contributed by atoms with Gasteiger partial charge in [-0.15, -0.1) is 0 Å². The number of allylic oxidation sites excluding steroid dienone is 5. The highest BCUT2D eigenvalue weighted by Crippen LogP contribution is 2.39. The summed E-state index contributed by atoms with van der Waals surface area (Å²) in [6, 6.07) is 45.4. The Balaban J connectivity index is 1.01. The van der Waals surface area contributed by atoms with Gasteiger partial charge in [0.25, 0.3) is 0 Å². The molecule has 1 aliphatic carbocycles. The molecule has 0 fully saturated rings. The Morgan fingerprint density at radius 2 is 1.30 bits per heavy atom. The van der Waals surface area contributed by atoms with Gasteiger partial charge >= 0.3 is 0 Å². The van der Waals surface area contributed by atoms with Crippen molar-refractivity contribution in [3.05, 3.63) is 170 Å². The molecule has 0 N–H and O–H groups in total. The first-order valence-corrected chi connectivity index (χ1v) is 17.9. The van der Waals surface area contributed by atoms with Gasteiger partial charge in [0.15, 0.2) is 23.1 Å². The molecule has 0 amide bonds. The standard InChI is InChI=1S/C47H29N5O2/c1-28-11-9-14-30(23-28)45-49-44(29-12-3-2-4-13-29)50-46(51-45)31-21-22-38-43(25-31)54-47(48-38)32-15-10-16-33(24-32)52-39-19-7-5-17-34(39)36-26-37-35-18-6-8-20-41(35)53-42(37)27-40(36)52/h2-22,24-27H,1,23H2. The maximum Gasteiger partial charge on any atom is 0.227 e. The van der Waals surface area contributed by atoms with Crippen LogP contribution in [0.5, 0.6) is 0 Å². The number of rotatable bonds is 5. The van der Waals surface area contributed by atoms with E-state index in [-0.39, 0.29) is 0 Å². The molecule has 6 aromatic carbocycles. The lowest BCUT2D eigenvalue weighted by atomic mass is 10.0. The van der Waals surface area contributed by atoms with Crippen LogP contribution in [0.25, 0.3) is 100 Å². The quantitative estimate of drug-likeness (QED) is 0.178. The minimum atomic E-state index is 0.531. The predicted octanol–water partition coefficient (Wildman–Crippen LogP) is 11.9. The van der Waals surface area contributed by atoms with E-state index in [9.17, 15) is 0 Å². The first-order valence-electron chi connectivity index (χ1n) is 17.9. The van der Waals surface area contributed by atoms with Gasteiger partial charge in [0.2, 0.25) is 5.89 Å². The molecule has 0 atom stereocenters. The zero-order valence-corrected chi connectivity index (χ0v) is 28.9. The highest BCUT2D eigenvalue weighted by molar-refractivity contribution is 6.17. The molecule has 1 aliphatic rings. The summed E-state index contributed by atoms with van der Waals surface area (Å²) in [5.41, 5.74) is 10.9. The molecule has 0 spiro atoms. The molecular weight excluding hydrogens is 667 g/mol. The van der Waals surface area contributed by atoms with E-state index in [0.29, 0.717) is 35.4 Å². The highest BCUT2D eigenvalue weighted by atomic mass is 16.3. The summed E-state index contributed by atoms with van der Waals surface area (Å²) in [4.78, 5) is 19.7. The van der Waals surface area contributed by atoms with Crippen molar-refractivity contribution in [2.75, 3.05) is 0 Å². The van der Waals surface area contributed by atoms with E-state index < -0.39 is 0 Å². The molecule has 4 aromatic heterocycles. The molecule has 0 saturated carbocycles. The van der Waals surface area contributed by atoms with Crippen molar-refractivity contribution in [1.29, 1.82) is 0 Å². The summed E-state index contributed by atoms with van der Waals surface area (Å²) in [5.74, 6) is 2.33. The van der Waals surface area contributed by atoms with Crippen LogP contribution in [-0.2, 0) is 0 Å². The summed E-state index contributed by atoms with van der Waals surface area (Å²) < 4.78 is 15.1. The second-order valence-electron chi connectivity index (χ2n) is 13.6. The van der Waals surface area contributed by atoms with Crippen molar-refractivity contribution in [1.82, 2.24) is 24.5 Å². The average molecular weight is 696 g/mol. The predicted molar refractivity (Wildman–Crippen MR) is 216 cm³/mol. The number of nitrogens with zero attached hydrogens (tertiary/aromatic N) is 5. The van der Waals surface area contributed by atoms with Crippen molar-refractivity contribution < 1.29 is 8.83 Å². The zero-order chi connectivity index (χ0) is 35.8. The van der Waals surface area contributed by atoms with Crippen molar-refractivity contribution in [2.24, 2.45) is 0 Å². The van der Waals surface area contributed by atoms with Gasteiger partial charge < -0.3 is 13.4 Å². The number of para-hydroxylation sites is 2. The molecule has 11 rings (SSSR count). The second-order valence-corrected chi connectivity index (χ2v) is 13.6. The molecule has 10 aromatic rings. The molecule has 0 aliphatic heterocycles. The summed E-state index contributed by atoms with van der Waals surface area (Å²) in [6.45, 7) is 4.15. The minimum absolute atomic E-state index is 0.531. The number of benzene rings is 6. The summed E-state index contributed by atoms with van der Waals surface area (Å²) in [6.07, 6.45) is 6.72. The molecule has 7 nitrogen and oxygen atoms in total. The monoisotopic (exact) mass is 695 g/mol. The summed E-state index contributed by atoms with van der Waals surface area (Å²) in [7, 11) is 0. The van der Waals surface area contributed by atoms with Crippen molar-refractivity contribution in [2.45, 2.75) is 6.42 Å². The zero-order valence-electron chi connectivity index (χ0n) is 28.9. The molecule has 254 valence electrons. The van der Waals surface area contributed by atoms with E-state index in [2.05, 4.69) is 71.8 Å². The second kappa shape index (κ2) is 11.8. The van der Waals surface area contributed by atoms with Crippen molar-refractivity contribution in [3.8, 4) is 39.9 Å². The maximum atomic E-state index is 6.49. The van der Waals surface area contributed by atoms with Crippen LogP contribution in [0.1, 0.15) is 12.2 Å². The lowest BCUT2D eigenvalue weighted by Crippen LogP contribution is -2.04. The SMILES string of the molecule is C=C1C=CC=C(c2nc(-c3ccccc3)nc(-c3ccc4nc(-c5cccc(-n6c7ccccc7c7cc8c(cc76)oc6ccccc68)c5)oc4c3)n2)C1. The molecular formula is C47H29N5O2. The molecule has 0 radical (unpaired) electrons. The fraction of sp³-hybridized carbons (Fsp3) is 0.0213. The Kier molecular flexibility index (Phi) is 6.63. The Morgan fingerprint density at radius 3 is 2.19 bits per heavy atom. The molecule has 4 heterocycles. The molecule has 54 heavy (non-hydrogen) atoms. The van der Waals surface area contributed by atoms with Crippen LogP contribution in [0.15, 0.2) is 173 Å². The third-order valence-corrected chi connectivity index (χ3v) is 10.2. The van der Waals surface area contributed by atoms with Crippen molar-refractivity contribution in [3.63, 3.8) is 0 Å². The maximum absolute atomic E-state index is 6.49.